The van der Waals surface area contributed by atoms with Crippen molar-refractivity contribution in [1.82, 2.24) is 14.6 Å². The third-order valence-electron chi connectivity index (χ3n) is 6.05. The molecule has 9 heteroatoms. The lowest BCUT2D eigenvalue weighted by atomic mass is 10.1. The molecule has 0 bridgehead atoms. The van der Waals surface area contributed by atoms with Gasteiger partial charge in [-0.2, -0.15) is 9.50 Å². The molecule has 3 heterocycles. The van der Waals surface area contributed by atoms with Crippen LogP contribution in [0.3, 0.4) is 0 Å². The summed E-state index contributed by atoms with van der Waals surface area (Å²) in [4.78, 5) is 33.3. The average Bonchev–Trinajstić information content (AvgIpc) is 3.50. The van der Waals surface area contributed by atoms with Crippen molar-refractivity contribution in [3.63, 3.8) is 0 Å². The molecule has 5 rings (SSSR count). The van der Waals surface area contributed by atoms with Crippen LogP contribution in [0.1, 0.15) is 38.2 Å². The third kappa shape index (κ3) is 4.49. The highest BCUT2D eigenvalue weighted by Crippen LogP contribution is 2.37. The van der Waals surface area contributed by atoms with Crippen molar-refractivity contribution in [2.45, 2.75) is 32.6 Å². The Morgan fingerprint density at radius 2 is 1.92 bits per heavy atom. The number of rotatable bonds is 9. The second-order valence-electron chi connectivity index (χ2n) is 8.54. The van der Waals surface area contributed by atoms with Gasteiger partial charge >= 0.3 is 0 Å². The number of thiazole rings is 1. The molecule has 7 nitrogen and oxygen atoms in total. The van der Waals surface area contributed by atoms with E-state index in [9.17, 15) is 9.59 Å². The number of nitrogens with zero attached hydrogens (tertiary/aromatic N) is 4. The van der Waals surface area contributed by atoms with Crippen LogP contribution >= 0.6 is 27.3 Å². The van der Waals surface area contributed by atoms with Crippen molar-refractivity contribution in [2.24, 2.45) is 0 Å². The van der Waals surface area contributed by atoms with Crippen LogP contribution in [0.15, 0.2) is 64.4 Å². The van der Waals surface area contributed by atoms with Gasteiger partial charge in [-0.1, -0.05) is 59.5 Å². The zero-order chi connectivity index (χ0) is 25.2. The summed E-state index contributed by atoms with van der Waals surface area (Å²) in [6.07, 6.45) is 6.30. The SMILES string of the molecule is C=CCN1C(=O)/C(=c2\sc3nc(-c4ccc(OCCCCCC)cc4)nn3c2=O)c2cc(Br)ccc21. The maximum Gasteiger partial charge on any atom is 0.291 e. The smallest absolute Gasteiger partial charge is 0.291 e. The minimum Gasteiger partial charge on any atom is -0.494 e. The van der Waals surface area contributed by atoms with E-state index in [4.69, 9.17) is 4.74 Å². The number of carbonyl (C=O) groups excluding carboxylic acids is 1. The predicted molar refractivity (Wildman–Crippen MR) is 147 cm³/mol. The third-order valence-corrected chi connectivity index (χ3v) is 7.58. The average molecular weight is 565 g/mol. The lowest BCUT2D eigenvalue weighted by Gasteiger charge is -2.14. The van der Waals surface area contributed by atoms with Gasteiger partial charge in [0.1, 0.15) is 10.3 Å². The molecular weight excluding hydrogens is 540 g/mol. The number of benzene rings is 2. The van der Waals surface area contributed by atoms with Gasteiger partial charge in [-0.05, 0) is 48.9 Å². The first-order valence-corrected chi connectivity index (χ1v) is 13.5. The van der Waals surface area contributed by atoms with Crippen LogP contribution < -0.4 is 19.7 Å². The van der Waals surface area contributed by atoms with Crippen LogP contribution in [0.4, 0.5) is 5.69 Å². The fraction of sp³-hybridized carbons (Fsp3) is 0.259. The number of unbranched alkanes of at least 4 members (excludes halogenated alkanes) is 3. The summed E-state index contributed by atoms with van der Waals surface area (Å²) in [6, 6.07) is 13.2. The quantitative estimate of drug-likeness (QED) is 0.211. The summed E-state index contributed by atoms with van der Waals surface area (Å²) in [5.74, 6) is 1.03. The summed E-state index contributed by atoms with van der Waals surface area (Å²) in [5.41, 5.74) is 2.28. The van der Waals surface area contributed by atoms with Crippen LogP contribution in [0.2, 0.25) is 0 Å². The summed E-state index contributed by atoms with van der Waals surface area (Å²) in [6.45, 7) is 7.00. The maximum absolute atomic E-state index is 13.3. The fourth-order valence-corrected chi connectivity index (χ4v) is 5.62. The van der Waals surface area contributed by atoms with Crippen LogP contribution in [0.25, 0.3) is 21.9 Å². The number of halogens is 1. The second kappa shape index (κ2) is 10.4. The highest BCUT2D eigenvalue weighted by Gasteiger charge is 2.34. The molecule has 1 aliphatic rings. The number of fused-ring (bicyclic) bond motifs is 2. The second-order valence-corrected chi connectivity index (χ2v) is 10.4. The minimum absolute atomic E-state index is 0.227. The predicted octanol–water partition coefficient (Wildman–Crippen LogP) is 4.99. The molecule has 1 amide bonds. The molecule has 0 fully saturated rings. The molecule has 0 radical (unpaired) electrons. The van der Waals surface area contributed by atoms with E-state index in [2.05, 4.69) is 39.5 Å². The molecule has 0 N–H and O–H groups in total. The van der Waals surface area contributed by atoms with Gasteiger partial charge in [-0.3, -0.25) is 9.59 Å². The van der Waals surface area contributed by atoms with Gasteiger partial charge in [-0.25, -0.2) is 0 Å². The summed E-state index contributed by atoms with van der Waals surface area (Å²) in [7, 11) is 0. The van der Waals surface area contributed by atoms with Crippen LogP contribution in [-0.2, 0) is 4.79 Å². The van der Waals surface area contributed by atoms with Gasteiger partial charge in [-0.15, -0.1) is 11.7 Å². The van der Waals surface area contributed by atoms with Crippen molar-refractivity contribution in [1.29, 1.82) is 0 Å². The number of carbonyl (C=O) groups is 1. The molecule has 0 spiro atoms. The molecule has 0 unspecified atom stereocenters. The topological polar surface area (TPSA) is 76.8 Å². The normalized spacial score (nSPS) is 14.5. The van der Waals surface area contributed by atoms with Gasteiger partial charge in [0.15, 0.2) is 5.82 Å². The van der Waals surface area contributed by atoms with Crippen LogP contribution in [0, 0.1) is 0 Å². The van der Waals surface area contributed by atoms with E-state index in [1.807, 2.05) is 42.5 Å². The Hall–Kier alpha value is -3.30. The van der Waals surface area contributed by atoms with E-state index in [0.717, 1.165) is 27.9 Å². The first kappa shape index (κ1) is 24.4. The van der Waals surface area contributed by atoms with Crippen LogP contribution in [0.5, 0.6) is 5.75 Å². The summed E-state index contributed by atoms with van der Waals surface area (Å²) < 4.78 is 8.25. The van der Waals surface area contributed by atoms with Crippen molar-refractivity contribution in [2.75, 3.05) is 18.1 Å². The molecule has 1 aliphatic heterocycles. The van der Waals surface area contributed by atoms with Gasteiger partial charge in [0.05, 0.1) is 17.9 Å². The minimum atomic E-state index is -0.351. The molecule has 36 heavy (non-hydrogen) atoms. The zero-order valence-corrected chi connectivity index (χ0v) is 22.3. The van der Waals surface area contributed by atoms with Crippen LogP contribution in [-0.4, -0.2) is 33.7 Å². The van der Waals surface area contributed by atoms with E-state index < -0.39 is 0 Å². The monoisotopic (exact) mass is 564 g/mol. The highest BCUT2D eigenvalue weighted by molar-refractivity contribution is 9.10. The maximum atomic E-state index is 13.3. The zero-order valence-electron chi connectivity index (χ0n) is 19.9. The number of ether oxygens (including phenoxy) is 1. The largest absolute Gasteiger partial charge is 0.494 e. The van der Waals surface area contributed by atoms with E-state index in [1.165, 1.54) is 35.1 Å². The van der Waals surface area contributed by atoms with E-state index >= 15 is 0 Å². The molecule has 184 valence electrons. The van der Waals surface area contributed by atoms with Crippen molar-refractivity contribution in [3.8, 4) is 17.1 Å². The van der Waals surface area contributed by atoms with E-state index in [-0.39, 0.29) is 11.5 Å². The number of amides is 1. The Kier molecular flexibility index (Phi) is 7.02. The lowest BCUT2D eigenvalue weighted by Crippen LogP contribution is -2.32. The van der Waals surface area contributed by atoms with Crippen molar-refractivity contribution >= 4 is 49.4 Å². The summed E-state index contributed by atoms with van der Waals surface area (Å²) in [5, 5.41) is 4.45. The molecule has 0 aliphatic carbocycles. The molecule has 0 saturated carbocycles. The number of hydrogen-bond acceptors (Lipinski definition) is 6. The standard InChI is InChI=1S/C27H25BrN4O3S/c1-3-5-6-7-15-35-19-11-8-17(9-12-19)24-29-27-32(30-24)26(34)23(36-27)22-20-16-18(28)10-13-21(20)31(14-4-2)25(22)33/h4,8-13,16H,2-3,5-7,14-15H2,1H3/b23-22-. The number of aromatic nitrogens is 3. The first-order chi connectivity index (χ1) is 17.5. The number of anilines is 1. The lowest BCUT2D eigenvalue weighted by molar-refractivity contribution is -0.112. The highest BCUT2D eigenvalue weighted by atomic mass is 79.9. The summed E-state index contributed by atoms with van der Waals surface area (Å²) >= 11 is 4.65. The Morgan fingerprint density at radius 3 is 2.64 bits per heavy atom. The van der Waals surface area contributed by atoms with Crippen molar-refractivity contribution < 1.29 is 9.53 Å². The van der Waals surface area contributed by atoms with Gasteiger partial charge in [0.2, 0.25) is 4.96 Å². The van der Waals surface area contributed by atoms with E-state index in [0.29, 0.717) is 39.6 Å². The molecule has 0 saturated heterocycles. The van der Waals surface area contributed by atoms with Gasteiger partial charge in [0.25, 0.3) is 11.5 Å². The van der Waals surface area contributed by atoms with Gasteiger partial charge in [0, 0.05) is 22.1 Å². The first-order valence-electron chi connectivity index (χ1n) is 11.9. The molecule has 0 atom stereocenters. The Balaban J connectivity index is 1.47. The Morgan fingerprint density at radius 1 is 1.11 bits per heavy atom. The van der Waals surface area contributed by atoms with E-state index in [1.54, 1.807) is 11.0 Å². The van der Waals surface area contributed by atoms with Gasteiger partial charge < -0.3 is 9.64 Å². The fourth-order valence-electron chi connectivity index (χ4n) is 4.26. The molecular formula is C27H25BrN4O3S. The van der Waals surface area contributed by atoms with Crippen molar-refractivity contribution in [3.05, 3.63) is 80.0 Å². The Labute approximate surface area is 220 Å². The molecule has 2 aromatic heterocycles. The Bertz CT molecular complexity index is 1560. The molecule has 2 aromatic carbocycles. The number of hydrogen-bond donors (Lipinski definition) is 0. The molecule has 4 aromatic rings.